The third kappa shape index (κ3) is 149. The Labute approximate surface area is 155 Å². The van der Waals surface area contributed by atoms with Gasteiger partial charge in [0.25, 0.3) is 0 Å². The molecule has 0 atom stereocenters. The van der Waals surface area contributed by atoms with Gasteiger partial charge in [0.05, 0.1) is 0 Å². The topological polar surface area (TPSA) is 240 Å². The maximum absolute atomic E-state index is 0. The van der Waals surface area contributed by atoms with Gasteiger partial charge in [0, 0.05) is 0 Å². The van der Waals surface area contributed by atoms with Crippen LogP contribution in [0.4, 0.5) is 0 Å². The van der Waals surface area contributed by atoms with Crippen molar-refractivity contribution in [2.45, 2.75) is 0 Å². The van der Waals surface area contributed by atoms with Crippen molar-refractivity contribution in [3.8, 4) is 0 Å². The zero-order chi connectivity index (χ0) is 0. The van der Waals surface area contributed by atoms with Gasteiger partial charge in [-0.15, -0.1) is 0 Å². The van der Waals surface area contributed by atoms with Crippen molar-refractivity contribution in [3.05, 3.63) is 0 Å². The first-order valence-electron chi connectivity index (χ1n) is 0. The molecule has 0 aromatic heterocycles. The molecule has 64 valence electrons. The van der Waals surface area contributed by atoms with Gasteiger partial charge in [0.1, 0.15) is 0 Å². The van der Waals surface area contributed by atoms with Gasteiger partial charge >= 0.3 is 115 Å². The van der Waals surface area contributed by atoms with Crippen LogP contribution < -0.4 is 0 Å². The number of hydrogen-bond acceptors (Lipinski definition) is 8. The fourth-order valence-electron chi connectivity index (χ4n) is 0. The predicted molar refractivity (Wildman–Crippen MR) is 32.7 cm³/mol. The summed E-state index contributed by atoms with van der Waals surface area (Å²) in [5, 5.41) is 0. The molecule has 0 radical (unpaired) electrons. The van der Waals surface area contributed by atoms with Crippen LogP contribution in [0.2, 0.25) is 0 Å². The molecule has 8 nitrogen and oxygen atoms in total. The quantitative estimate of drug-likeness (QED) is 0.369. The summed E-state index contributed by atoms with van der Waals surface area (Å²) in [6, 6.07) is 0. The first-order valence-corrected chi connectivity index (χ1v) is 0. The monoisotopic (exact) mass is 432 g/mol. The molecule has 0 amide bonds. The van der Waals surface area contributed by atoms with Crippen molar-refractivity contribution < 1.29 is 43.8 Å². The van der Waals surface area contributed by atoms with Gasteiger partial charge in [-0.3, -0.25) is 0 Å². The van der Waals surface area contributed by atoms with Gasteiger partial charge in [-0.25, -0.2) is 0 Å². The summed E-state index contributed by atoms with van der Waals surface area (Å²) < 4.78 is 0. The summed E-state index contributed by atoms with van der Waals surface area (Å²) in [6.45, 7) is 0. The molecule has 0 unspecified atom stereocenters. The van der Waals surface area contributed by atoms with Crippen LogP contribution >= 0.6 is 0 Å². The molecule has 0 saturated carbocycles. The summed E-state index contributed by atoms with van der Waals surface area (Å²) in [6.07, 6.45) is 0. The molecule has 0 aliphatic carbocycles. The standard InChI is InChI=1S/8H2O.Sn.2Sr/h8*1H2;;;/q;;;;;;;;+4;2*+2/p-8. The zero-order valence-corrected chi connectivity index (χ0v) is 15.3. The Bertz CT molecular complexity index is 12.1. The van der Waals surface area contributed by atoms with Crippen molar-refractivity contribution in [2.24, 2.45) is 0 Å². The molecule has 0 heterocycles. The van der Waals surface area contributed by atoms with Crippen molar-refractivity contribution >= 4 is 115 Å². The zero-order valence-electron chi connectivity index (χ0n) is 5.49. The van der Waals surface area contributed by atoms with E-state index in [1.807, 2.05) is 0 Å². The molecule has 0 bridgehead atoms. The minimum absolute atomic E-state index is 0. The molecule has 0 spiro atoms. The van der Waals surface area contributed by atoms with E-state index in [0.717, 1.165) is 0 Å². The summed E-state index contributed by atoms with van der Waals surface area (Å²) in [5.41, 5.74) is 0. The average Bonchev–Trinajstić information content (AvgIpc) is 0. The van der Waals surface area contributed by atoms with Gasteiger partial charge in [0.2, 0.25) is 0 Å². The van der Waals surface area contributed by atoms with Gasteiger partial charge in [-0.2, -0.15) is 0 Å². The number of rotatable bonds is 0. The molecule has 0 aliphatic rings. The van der Waals surface area contributed by atoms with E-state index in [0.29, 0.717) is 0 Å². The van der Waals surface area contributed by atoms with Crippen LogP contribution in [0.25, 0.3) is 0 Å². The van der Waals surface area contributed by atoms with Crippen molar-refractivity contribution in [1.82, 2.24) is 0 Å². The molecule has 0 rings (SSSR count). The molecule has 0 fully saturated rings. The molecular weight excluding hydrogens is 422 g/mol. The van der Waals surface area contributed by atoms with Crippen LogP contribution in [0.15, 0.2) is 0 Å². The molecule has 11 heavy (non-hydrogen) atoms. The molecule has 0 saturated heterocycles. The summed E-state index contributed by atoms with van der Waals surface area (Å²) in [4.78, 5) is 0. The van der Waals surface area contributed by atoms with Gasteiger partial charge < -0.3 is 43.8 Å². The van der Waals surface area contributed by atoms with E-state index in [1.165, 1.54) is 0 Å². The SMILES string of the molecule is [OH-].[OH-].[OH-].[OH-].[OH-].[OH-].[OH-].[OH-].[Sn+4].[Sr+2].[Sr+2]. The van der Waals surface area contributed by atoms with Crippen LogP contribution in [0, 0.1) is 0 Å². The largest absolute Gasteiger partial charge is 4.00 e. The summed E-state index contributed by atoms with van der Waals surface area (Å²) in [5.74, 6) is 0. The van der Waals surface area contributed by atoms with E-state index in [9.17, 15) is 0 Å². The van der Waals surface area contributed by atoms with Crippen LogP contribution in [-0.2, 0) is 0 Å². The summed E-state index contributed by atoms with van der Waals surface area (Å²) >= 11 is 0. The molecule has 0 aromatic carbocycles. The molecule has 8 N–H and O–H groups in total. The Morgan fingerprint density at radius 3 is 0.273 bits per heavy atom. The van der Waals surface area contributed by atoms with Gasteiger partial charge in [-0.05, 0) is 0 Å². The van der Waals surface area contributed by atoms with Gasteiger partial charge in [0.15, 0.2) is 0 Å². The smallest absolute Gasteiger partial charge is 0.870 e. The third-order valence-corrected chi connectivity index (χ3v) is 0. The Morgan fingerprint density at radius 2 is 0.273 bits per heavy atom. The minimum atomic E-state index is 0. The van der Waals surface area contributed by atoms with Crippen molar-refractivity contribution in [1.29, 1.82) is 0 Å². The second-order valence-corrected chi connectivity index (χ2v) is 0. The van der Waals surface area contributed by atoms with Crippen LogP contribution in [-0.4, -0.2) is 159 Å². The van der Waals surface area contributed by atoms with E-state index in [1.54, 1.807) is 0 Å². The minimum Gasteiger partial charge on any atom is -0.870 e. The van der Waals surface area contributed by atoms with Crippen LogP contribution in [0.3, 0.4) is 0 Å². The predicted octanol–water partition coefficient (Wildman–Crippen LogP) is -2.56. The van der Waals surface area contributed by atoms with Crippen LogP contribution in [0.5, 0.6) is 0 Å². The van der Waals surface area contributed by atoms with E-state index in [2.05, 4.69) is 0 Å². The normalized spacial score (nSPS) is 0. The fraction of sp³-hybridized carbons (Fsp3) is 0. The first-order chi connectivity index (χ1) is 0. The fourth-order valence-corrected chi connectivity index (χ4v) is 0. The molecular formula is H8O8SnSr2. The molecule has 0 aromatic rings. The Kier molecular flexibility index (Phi) is 3520. The van der Waals surface area contributed by atoms with E-state index < -0.39 is 0 Å². The molecule has 0 aliphatic heterocycles. The summed E-state index contributed by atoms with van der Waals surface area (Å²) in [7, 11) is 0. The number of hydrogen-bond donors (Lipinski definition) is 0. The maximum Gasteiger partial charge on any atom is 4.00 e. The van der Waals surface area contributed by atoms with E-state index in [4.69, 9.17) is 0 Å². The first kappa shape index (κ1) is 220. The Hall–Kier alpha value is 3.44. The van der Waals surface area contributed by atoms with Crippen molar-refractivity contribution in [2.75, 3.05) is 0 Å². The maximum atomic E-state index is 0. The second kappa shape index (κ2) is 176. The van der Waals surface area contributed by atoms with Gasteiger partial charge in [-0.1, -0.05) is 0 Å². The van der Waals surface area contributed by atoms with E-state index >= 15 is 0 Å². The van der Waals surface area contributed by atoms with Crippen molar-refractivity contribution in [3.63, 3.8) is 0 Å². The Morgan fingerprint density at radius 1 is 0.273 bits per heavy atom. The Balaban J connectivity index is 0. The molecule has 11 heteroatoms. The van der Waals surface area contributed by atoms with E-state index in [-0.39, 0.29) is 159 Å². The second-order valence-electron chi connectivity index (χ2n) is 0. The van der Waals surface area contributed by atoms with Crippen LogP contribution in [0.1, 0.15) is 0 Å². The average molecular weight is 430 g/mol. The third-order valence-electron chi connectivity index (χ3n) is 0.